The van der Waals surface area contributed by atoms with Crippen LogP contribution in [0.25, 0.3) is 10.6 Å². The molecule has 0 bridgehead atoms. The lowest BCUT2D eigenvalue weighted by Crippen LogP contribution is -2.34. The summed E-state index contributed by atoms with van der Waals surface area (Å²) in [5, 5.41) is 14.1. The second-order valence-corrected chi connectivity index (χ2v) is 9.03. The van der Waals surface area contributed by atoms with Gasteiger partial charge in [0.1, 0.15) is 5.69 Å². The molecule has 3 aromatic heterocycles. The van der Waals surface area contributed by atoms with E-state index in [0.29, 0.717) is 18.7 Å². The number of benzene rings is 1. The third kappa shape index (κ3) is 4.70. The molecule has 0 aliphatic rings. The Labute approximate surface area is 184 Å². The highest BCUT2D eigenvalue weighted by Crippen LogP contribution is 2.27. The number of likely N-dealkylation sites (N-methyl/N-ethyl adjacent to an activating group) is 1. The third-order valence-electron chi connectivity index (χ3n) is 4.96. The van der Waals surface area contributed by atoms with Crippen molar-refractivity contribution >= 4 is 28.6 Å². The Balaban J connectivity index is 1.56. The van der Waals surface area contributed by atoms with Gasteiger partial charge in [-0.05, 0) is 53.5 Å². The number of aromatic nitrogens is 2. The summed E-state index contributed by atoms with van der Waals surface area (Å²) in [6.45, 7) is 1.16. The lowest BCUT2D eigenvalue weighted by atomic mass is 10.1. The summed E-state index contributed by atoms with van der Waals surface area (Å²) in [6, 6.07) is 16.4. The van der Waals surface area contributed by atoms with Gasteiger partial charge in [-0.25, -0.2) is 0 Å². The first-order valence-corrected chi connectivity index (χ1v) is 11.6. The van der Waals surface area contributed by atoms with Crippen molar-refractivity contribution in [3.05, 3.63) is 87.6 Å². The summed E-state index contributed by atoms with van der Waals surface area (Å²) in [4.78, 5) is 16.3. The van der Waals surface area contributed by atoms with Gasteiger partial charge in [-0.3, -0.25) is 9.48 Å². The molecule has 0 fully saturated rings. The van der Waals surface area contributed by atoms with E-state index in [4.69, 9.17) is 5.10 Å². The maximum Gasteiger partial charge on any atom is 0.255 e. The first-order chi connectivity index (χ1) is 14.6. The lowest BCUT2D eigenvalue weighted by molar-refractivity contribution is 0.0942. The van der Waals surface area contributed by atoms with Gasteiger partial charge in [0.05, 0.1) is 23.0 Å². The summed E-state index contributed by atoms with van der Waals surface area (Å²) in [5.41, 5.74) is 3.70. The molecule has 5 nitrogen and oxygen atoms in total. The van der Waals surface area contributed by atoms with Crippen molar-refractivity contribution in [3.8, 4) is 10.6 Å². The fourth-order valence-corrected chi connectivity index (χ4v) is 4.81. The first-order valence-electron chi connectivity index (χ1n) is 9.74. The van der Waals surface area contributed by atoms with Crippen molar-refractivity contribution in [2.75, 3.05) is 20.6 Å². The molecule has 4 aromatic rings. The van der Waals surface area contributed by atoms with Crippen molar-refractivity contribution in [3.63, 3.8) is 0 Å². The van der Waals surface area contributed by atoms with Crippen LogP contribution in [-0.4, -0.2) is 41.2 Å². The van der Waals surface area contributed by atoms with E-state index in [1.165, 1.54) is 5.56 Å². The summed E-state index contributed by atoms with van der Waals surface area (Å²) in [6.07, 6.45) is 1.85. The van der Waals surface area contributed by atoms with E-state index < -0.39 is 0 Å². The predicted molar refractivity (Wildman–Crippen MR) is 124 cm³/mol. The molecule has 4 rings (SSSR count). The number of nitrogens with zero attached hydrogens (tertiary/aromatic N) is 3. The van der Waals surface area contributed by atoms with Crippen LogP contribution in [0.5, 0.6) is 0 Å². The number of carbonyl (C=O) groups is 1. The quantitative estimate of drug-likeness (QED) is 0.433. The summed E-state index contributed by atoms with van der Waals surface area (Å²) in [7, 11) is 4.06. The van der Waals surface area contributed by atoms with Crippen LogP contribution in [-0.2, 0) is 6.54 Å². The Bertz CT molecular complexity index is 1070. The number of hydrogen-bond donors (Lipinski definition) is 1. The van der Waals surface area contributed by atoms with Crippen molar-refractivity contribution in [2.45, 2.75) is 12.6 Å². The molecule has 0 saturated carbocycles. The predicted octanol–water partition coefficient (Wildman–Crippen LogP) is 4.75. The van der Waals surface area contributed by atoms with E-state index in [0.717, 1.165) is 16.1 Å². The molecular weight excluding hydrogens is 412 g/mol. The molecule has 0 aliphatic heterocycles. The minimum absolute atomic E-state index is 0.0974. The van der Waals surface area contributed by atoms with E-state index >= 15 is 0 Å². The molecular formula is C23H24N4OS2. The summed E-state index contributed by atoms with van der Waals surface area (Å²) >= 11 is 3.26. The van der Waals surface area contributed by atoms with Crippen molar-refractivity contribution in [1.29, 1.82) is 0 Å². The minimum atomic E-state index is -0.0974. The molecule has 30 heavy (non-hydrogen) atoms. The Kier molecular flexibility index (Phi) is 6.42. The van der Waals surface area contributed by atoms with Gasteiger partial charge in [0.2, 0.25) is 0 Å². The van der Waals surface area contributed by atoms with Crippen LogP contribution >= 0.6 is 22.7 Å². The summed E-state index contributed by atoms with van der Waals surface area (Å²) < 4.78 is 1.85. The topological polar surface area (TPSA) is 50.2 Å². The number of rotatable bonds is 8. The second kappa shape index (κ2) is 9.38. The molecule has 0 saturated heterocycles. The van der Waals surface area contributed by atoms with Gasteiger partial charge in [0.15, 0.2) is 0 Å². The van der Waals surface area contributed by atoms with Crippen LogP contribution < -0.4 is 5.32 Å². The highest BCUT2D eigenvalue weighted by atomic mass is 32.1. The normalized spacial score (nSPS) is 12.2. The third-order valence-corrected chi connectivity index (χ3v) is 6.53. The van der Waals surface area contributed by atoms with Gasteiger partial charge in [-0.2, -0.15) is 16.4 Å². The molecule has 1 aromatic carbocycles. The Morgan fingerprint density at radius 2 is 1.97 bits per heavy atom. The van der Waals surface area contributed by atoms with Crippen molar-refractivity contribution in [2.24, 2.45) is 0 Å². The molecule has 0 aliphatic carbocycles. The average molecular weight is 437 g/mol. The van der Waals surface area contributed by atoms with E-state index in [-0.39, 0.29) is 11.9 Å². The van der Waals surface area contributed by atoms with Crippen LogP contribution in [0.2, 0.25) is 0 Å². The standard InChI is InChI=1S/C23H24N4OS2/c1-26(2)20(18-10-12-29-16-18)13-24-23(28)19-15-27(14-17-7-4-3-5-8-17)25-22(19)21-9-6-11-30-21/h3-12,15-16,20H,13-14H2,1-2H3,(H,24,28). The highest BCUT2D eigenvalue weighted by Gasteiger charge is 2.21. The molecule has 1 amide bonds. The van der Waals surface area contributed by atoms with Crippen LogP contribution in [0.4, 0.5) is 0 Å². The van der Waals surface area contributed by atoms with Crippen LogP contribution in [0.15, 0.2) is 70.9 Å². The number of carbonyl (C=O) groups excluding carboxylic acids is 1. The van der Waals surface area contributed by atoms with Gasteiger partial charge in [0, 0.05) is 12.7 Å². The molecule has 7 heteroatoms. The van der Waals surface area contributed by atoms with Gasteiger partial charge >= 0.3 is 0 Å². The Hall–Kier alpha value is -2.74. The van der Waals surface area contributed by atoms with Crippen molar-refractivity contribution in [1.82, 2.24) is 20.0 Å². The Morgan fingerprint density at radius 3 is 2.63 bits per heavy atom. The van der Waals surface area contributed by atoms with E-state index in [1.807, 2.05) is 60.7 Å². The monoisotopic (exact) mass is 436 g/mol. The zero-order valence-corrected chi connectivity index (χ0v) is 18.6. The molecule has 1 N–H and O–H groups in total. The van der Waals surface area contributed by atoms with Crippen LogP contribution in [0.1, 0.15) is 27.5 Å². The van der Waals surface area contributed by atoms with Gasteiger partial charge in [0.25, 0.3) is 5.91 Å². The van der Waals surface area contributed by atoms with Gasteiger partial charge < -0.3 is 10.2 Å². The fourth-order valence-electron chi connectivity index (χ4n) is 3.38. The van der Waals surface area contributed by atoms with Gasteiger partial charge in [-0.15, -0.1) is 11.3 Å². The van der Waals surface area contributed by atoms with Gasteiger partial charge in [-0.1, -0.05) is 36.4 Å². The fraction of sp³-hybridized carbons (Fsp3) is 0.217. The van der Waals surface area contributed by atoms with Crippen LogP contribution in [0.3, 0.4) is 0 Å². The number of thiophene rings is 2. The van der Waals surface area contributed by atoms with E-state index in [2.05, 4.69) is 39.2 Å². The maximum atomic E-state index is 13.1. The molecule has 154 valence electrons. The lowest BCUT2D eigenvalue weighted by Gasteiger charge is -2.24. The maximum absolute atomic E-state index is 13.1. The van der Waals surface area contributed by atoms with Crippen molar-refractivity contribution < 1.29 is 4.79 Å². The molecule has 1 unspecified atom stereocenters. The minimum Gasteiger partial charge on any atom is -0.350 e. The second-order valence-electron chi connectivity index (χ2n) is 7.30. The van der Waals surface area contributed by atoms with E-state index in [1.54, 1.807) is 22.7 Å². The smallest absolute Gasteiger partial charge is 0.255 e. The van der Waals surface area contributed by atoms with Crippen LogP contribution in [0, 0.1) is 0 Å². The molecule has 0 spiro atoms. The van der Waals surface area contributed by atoms with E-state index in [9.17, 15) is 4.79 Å². The zero-order valence-electron chi connectivity index (χ0n) is 17.0. The number of hydrogen-bond acceptors (Lipinski definition) is 5. The first kappa shape index (κ1) is 20.5. The molecule has 3 heterocycles. The summed E-state index contributed by atoms with van der Waals surface area (Å²) in [5.74, 6) is -0.0974. The number of amides is 1. The largest absolute Gasteiger partial charge is 0.350 e. The average Bonchev–Trinajstić information content (AvgIpc) is 3.50. The molecule has 1 atom stereocenters. The highest BCUT2D eigenvalue weighted by molar-refractivity contribution is 7.13. The number of nitrogens with one attached hydrogen (secondary N) is 1. The zero-order chi connectivity index (χ0) is 20.9. The SMILES string of the molecule is CN(C)C(CNC(=O)c1cn(Cc2ccccc2)nc1-c1cccs1)c1ccsc1. The Morgan fingerprint density at radius 1 is 1.13 bits per heavy atom. The molecule has 0 radical (unpaired) electrons.